The molecule has 0 radical (unpaired) electrons. The predicted octanol–water partition coefficient (Wildman–Crippen LogP) is 4.97. The van der Waals surface area contributed by atoms with Crippen molar-refractivity contribution >= 4 is 23.2 Å². The average molecular weight is 353 g/mol. The number of halogens is 1. The van der Waals surface area contributed by atoms with Gasteiger partial charge in [-0.25, -0.2) is 0 Å². The Hall–Kier alpha value is -2.85. The number of anilines is 1. The molecule has 0 aliphatic rings. The Morgan fingerprint density at radius 2 is 1.96 bits per heavy atom. The number of aromatic nitrogens is 1. The number of nitrogens with one attached hydrogen (secondary N) is 1. The molecule has 1 heterocycles. The van der Waals surface area contributed by atoms with Crippen molar-refractivity contribution in [3.8, 4) is 17.0 Å². The second-order valence-electron chi connectivity index (χ2n) is 5.60. The van der Waals surface area contributed by atoms with Crippen molar-refractivity contribution in [2.75, 3.05) is 12.4 Å². The Balaban J connectivity index is 1.88. The number of nitrogens with zero attached hydrogens (tertiary/aromatic N) is 1. The number of ether oxygens (including phenoxy) is 1. The minimum Gasteiger partial charge on any atom is -0.497 e. The van der Waals surface area contributed by atoms with Gasteiger partial charge in [0.1, 0.15) is 5.75 Å². The van der Waals surface area contributed by atoms with Crippen molar-refractivity contribution in [2.45, 2.75) is 6.92 Å². The summed E-state index contributed by atoms with van der Waals surface area (Å²) in [5.41, 5.74) is 3.65. The molecule has 3 aromatic rings. The molecule has 0 saturated carbocycles. The molecule has 5 heteroatoms. The van der Waals surface area contributed by atoms with Gasteiger partial charge in [0.15, 0.2) is 0 Å². The molecule has 25 heavy (non-hydrogen) atoms. The van der Waals surface area contributed by atoms with Crippen LogP contribution in [0.2, 0.25) is 5.02 Å². The summed E-state index contributed by atoms with van der Waals surface area (Å²) in [5, 5.41) is 3.47. The fourth-order valence-corrected chi connectivity index (χ4v) is 2.74. The molecule has 1 amide bonds. The van der Waals surface area contributed by atoms with Crippen molar-refractivity contribution in [2.24, 2.45) is 0 Å². The van der Waals surface area contributed by atoms with Crippen LogP contribution in [0.15, 0.2) is 60.8 Å². The van der Waals surface area contributed by atoms with Gasteiger partial charge in [0.05, 0.1) is 17.8 Å². The molecular formula is C20H17ClN2O2. The maximum absolute atomic E-state index is 12.6. The number of benzene rings is 2. The largest absolute Gasteiger partial charge is 0.497 e. The standard InChI is InChI=1S/C20H17ClN2O2/c1-13-9-14(11-16(10-13)25-2)20(24)23-15-6-7-18(21)17(12-15)19-5-3-4-8-22-19/h3-12H,1-2H3,(H,23,24). The molecule has 3 rings (SSSR count). The monoisotopic (exact) mass is 352 g/mol. The molecule has 1 N–H and O–H groups in total. The van der Waals surface area contributed by atoms with Crippen LogP contribution in [0.25, 0.3) is 11.3 Å². The maximum atomic E-state index is 12.6. The van der Waals surface area contributed by atoms with E-state index < -0.39 is 0 Å². The van der Waals surface area contributed by atoms with E-state index in [1.165, 1.54) is 0 Å². The Morgan fingerprint density at radius 3 is 2.68 bits per heavy atom. The highest BCUT2D eigenvalue weighted by molar-refractivity contribution is 6.33. The highest BCUT2D eigenvalue weighted by atomic mass is 35.5. The van der Waals surface area contributed by atoms with E-state index in [1.54, 1.807) is 31.5 Å². The summed E-state index contributed by atoms with van der Waals surface area (Å²) in [5.74, 6) is 0.437. The fraction of sp³-hybridized carbons (Fsp3) is 0.100. The third-order valence-electron chi connectivity index (χ3n) is 3.71. The molecular weight excluding hydrogens is 336 g/mol. The smallest absolute Gasteiger partial charge is 0.255 e. The molecule has 0 bridgehead atoms. The van der Waals surface area contributed by atoms with E-state index >= 15 is 0 Å². The van der Waals surface area contributed by atoms with Gasteiger partial charge in [0.2, 0.25) is 0 Å². The first-order valence-electron chi connectivity index (χ1n) is 7.75. The van der Waals surface area contributed by atoms with Crippen molar-refractivity contribution in [1.82, 2.24) is 4.98 Å². The maximum Gasteiger partial charge on any atom is 0.255 e. The van der Waals surface area contributed by atoms with Crippen LogP contribution >= 0.6 is 11.6 Å². The number of hydrogen-bond acceptors (Lipinski definition) is 3. The molecule has 2 aromatic carbocycles. The zero-order chi connectivity index (χ0) is 17.8. The highest BCUT2D eigenvalue weighted by Gasteiger charge is 2.11. The number of hydrogen-bond donors (Lipinski definition) is 1. The van der Waals surface area contributed by atoms with Crippen LogP contribution in [0.3, 0.4) is 0 Å². The first-order chi connectivity index (χ1) is 12.1. The van der Waals surface area contributed by atoms with Crippen LogP contribution < -0.4 is 10.1 Å². The number of carbonyl (C=O) groups excluding carboxylic acids is 1. The lowest BCUT2D eigenvalue weighted by atomic mass is 10.1. The Labute approximate surface area is 151 Å². The lowest BCUT2D eigenvalue weighted by Crippen LogP contribution is -2.12. The average Bonchev–Trinajstić information content (AvgIpc) is 2.63. The van der Waals surface area contributed by atoms with Gasteiger partial charge in [-0.2, -0.15) is 0 Å². The van der Waals surface area contributed by atoms with E-state index in [1.807, 2.05) is 43.3 Å². The number of aryl methyl sites for hydroxylation is 1. The van der Waals surface area contributed by atoms with E-state index in [9.17, 15) is 4.79 Å². The SMILES string of the molecule is COc1cc(C)cc(C(=O)Nc2ccc(Cl)c(-c3ccccn3)c2)c1. The molecule has 0 unspecified atom stereocenters. The number of carbonyl (C=O) groups is 1. The van der Waals surface area contributed by atoms with Crippen LogP contribution in [0.4, 0.5) is 5.69 Å². The van der Waals surface area contributed by atoms with Crippen LogP contribution in [0.5, 0.6) is 5.75 Å². The molecule has 0 spiro atoms. The topological polar surface area (TPSA) is 51.2 Å². The Bertz CT molecular complexity index is 911. The molecule has 0 atom stereocenters. The van der Waals surface area contributed by atoms with Crippen molar-refractivity contribution in [1.29, 1.82) is 0 Å². The number of pyridine rings is 1. The molecule has 1 aromatic heterocycles. The quantitative estimate of drug-likeness (QED) is 0.721. The minimum absolute atomic E-state index is 0.212. The van der Waals surface area contributed by atoms with Crippen LogP contribution in [-0.4, -0.2) is 18.0 Å². The van der Waals surface area contributed by atoms with Gasteiger partial charge in [-0.3, -0.25) is 9.78 Å². The van der Waals surface area contributed by atoms with Gasteiger partial charge in [0, 0.05) is 23.0 Å². The first kappa shape index (κ1) is 17.0. The van der Waals surface area contributed by atoms with Crippen molar-refractivity contribution < 1.29 is 9.53 Å². The molecule has 0 aliphatic carbocycles. The predicted molar refractivity (Wildman–Crippen MR) is 100 cm³/mol. The lowest BCUT2D eigenvalue weighted by Gasteiger charge is -2.10. The van der Waals surface area contributed by atoms with Crippen molar-refractivity contribution in [3.05, 3.63) is 76.9 Å². The second kappa shape index (κ2) is 7.36. The van der Waals surface area contributed by atoms with Gasteiger partial charge in [-0.1, -0.05) is 17.7 Å². The second-order valence-corrected chi connectivity index (χ2v) is 6.01. The van der Waals surface area contributed by atoms with Gasteiger partial charge in [0.25, 0.3) is 5.91 Å². The zero-order valence-electron chi connectivity index (χ0n) is 13.9. The molecule has 126 valence electrons. The summed E-state index contributed by atoms with van der Waals surface area (Å²) in [6.45, 7) is 1.92. The van der Waals surface area contributed by atoms with Crippen molar-refractivity contribution in [3.63, 3.8) is 0 Å². The van der Waals surface area contributed by atoms with E-state index in [2.05, 4.69) is 10.3 Å². The fourth-order valence-electron chi connectivity index (χ4n) is 2.52. The number of amides is 1. The van der Waals surface area contributed by atoms with E-state index in [-0.39, 0.29) is 5.91 Å². The van der Waals surface area contributed by atoms with Gasteiger partial charge in [-0.05, 0) is 61.0 Å². The summed E-state index contributed by atoms with van der Waals surface area (Å²) in [6, 6.07) is 16.3. The summed E-state index contributed by atoms with van der Waals surface area (Å²) in [7, 11) is 1.58. The molecule has 0 saturated heterocycles. The number of methoxy groups -OCH3 is 1. The minimum atomic E-state index is -0.212. The van der Waals surface area contributed by atoms with Gasteiger partial charge in [-0.15, -0.1) is 0 Å². The lowest BCUT2D eigenvalue weighted by molar-refractivity contribution is 0.102. The van der Waals surface area contributed by atoms with E-state index in [0.717, 1.165) is 16.8 Å². The molecule has 0 fully saturated rings. The summed E-state index contributed by atoms with van der Waals surface area (Å²) >= 11 is 6.28. The summed E-state index contributed by atoms with van der Waals surface area (Å²) < 4.78 is 5.22. The first-order valence-corrected chi connectivity index (χ1v) is 8.12. The summed E-state index contributed by atoms with van der Waals surface area (Å²) in [6.07, 6.45) is 1.70. The van der Waals surface area contributed by atoms with Crippen LogP contribution in [0, 0.1) is 6.92 Å². The van der Waals surface area contributed by atoms with E-state index in [0.29, 0.717) is 22.0 Å². The van der Waals surface area contributed by atoms with Crippen LogP contribution in [-0.2, 0) is 0 Å². The molecule has 4 nitrogen and oxygen atoms in total. The third kappa shape index (κ3) is 3.98. The van der Waals surface area contributed by atoms with E-state index in [4.69, 9.17) is 16.3 Å². The highest BCUT2D eigenvalue weighted by Crippen LogP contribution is 2.29. The van der Waals surface area contributed by atoms with Gasteiger partial charge < -0.3 is 10.1 Å². The Morgan fingerprint density at radius 1 is 1.12 bits per heavy atom. The normalized spacial score (nSPS) is 10.4. The third-order valence-corrected chi connectivity index (χ3v) is 4.04. The van der Waals surface area contributed by atoms with Crippen LogP contribution in [0.1, 0.15) is 15.9 Å². The number of rotatable bonds is 4. The molecule has 0 aliphatic heterocycles. The summed E-state index contributed by atoms with van der Waals surface area (Å²) in [4.78, 5) is 16.9. The Kier molecular flexibility index (Phi) is 5.00. The van der Waals surface area contributed by atoms with Gasteiger partial charge >= 0.3 is 0 Å². The zero-order valence-corrected chi connectivity index (χ0v) is 14.7.